The van der Waals surface area contributed by atoms with Gasteiger partial charge < -0.3 is 10.4 Å². The van der Waals surface area contributed by atoms with Crippen molar-refractivity contribution in [1.82, 2.24) is 5.32 Å². The number of aliphatic carboxylic acids is 1. The van der Waals surface area contributed by atoms with Gasteiger partial charge in [0.15, 0.2) is 0 Å². The van der Waals surface area contributed by atoms with Crippen LogP contribution >= 0.6 is 23.2 Å². The molecule has 0 fully saturated rings. The molecule has 0 aliphatic heterocycles. The van der Waals surface area contributed by atoms with Gasteiger partial charge in [-0.2, -0.15) is 0 Å². The van der Waals surface area contributed by atoms with E-state index in [1.165, 1.54) is 0 Å². The van der Waals surface area contributed by atoms with Crippen LogP contribution in [-0.2, 0) is 11.2 Å². The maximum absolute atomic E-state index is 12.5. The summed E-state index contributed by atoms with van der Waals surface area (Å²) in [5.41, 5.74) is 0.999. The second-order valence-corrected chi connectivity index (χ2v) is 6.71. The number of nitrogens with one attached hydrogen (secondary N) is 1. The number of amides is 1. The summed E-state index contributed by atoms with van der Waals surface area (Å²) in [5.74, 6) is -1.58. The van der Waals surface area contributed by atoms with Gasteiger partial charge in [-0.1, -0.05) is 59.6 Å². The maximum Gasteiger partial charge on any atom is 0.326 e. The van der Waals surface area contributed by atoms with Gasteiger partial charge in [-0.3, -0.25) is 4.79 Å². The lowest BCUT2D eigenvalue weighted by molar-refractivity contribution is -0.139. The Balaban J connectivity index is 1.80. The number of fused-ring (bicyclic) bond motifs is 1. The SMILES string of the molecule is O=C(N[C@H](Cc1ccc(Cl)cc1Cl)C(=O)O)c1ccc2ccccc2c1. The topological polar surface area (TPSA) is 66.4 Å². The third-order valence-electron chi connectivity index (χ3n) is 4.05. The van der Waals surface area contributed by atoms with Crippen LogP contribution in [-0.4, -0.2) is 23.0 Å². The summed E-state index contributed by atoms with van der Waals surface area (Å²) in [6, 6.07) is 16.6. The molecule has 0 saturated heterocycles. The van der Waals surface area contributed by atoms with Crippen molar-refractivity contribution in [1.29, 1.82) is 0 Å². The smallest absolute Gasteiger partial charge is 0.326 e. The molecule has 2 N–H and O–H groups in total. The number of carboxylic acid groups (broad SMARTS) is 1. The molecule has 1 atom stereocenters. The van der Waals surface area contributed by atoms with E-state index in [2.05, 4.69) is 5.32 Å². The van der Waals surface area contributed by atoms with Crippen LogP contribution in [0.1, 0.15) is 15.9 Å². The molecule has 0 spiro atoms. The van der Waals surface area contributed by atoms with Gasteiger partial charge in [0.1, 0.15) is 6.04 Å². The van der Waals surface area contributed by atoms with Crippen molar-refractivity contribution < 1.29 is 14.7 Å². The first-order chi connectivity index (χ1) is 12.4. The molecule has 0 unspecified atom stereocenters. The highest BCUT2D eigenvalue weighted by Crippen LogP contribution is 2.22. The third kappa shape index (κ3) is 4.15. The molecule has 0 heterocycles. The van der Waals surface area contributed by atoms with E-state index in [0.29, 0.717) is 21.2 Å². The van der Waals surface area contributed by atoms with Crippen LogP contribution in [0, 0.1) is 0 Å². The fraction of sp³-hybridized carbons (Fsp3) is 0.100. The second kappa shape index (κ2) is 7.77. The second-order valence-electron chi connectivity index (χ2n) is 5.87. The maximum atomic E-state index is 12.5. The fourth-order valence-corrected chi connectivity index (χ4v) is 3.17. The fourth-order valence-electron chi connectivity index (χ4n) is 2.68. The van der Waals surface area contributed by atoms with E-state index < -0.39 is 17.9 Å². The molecule has 3 rings (SSSR count). The van der Waals surface area contributed by atoms with Gasteiger partial charge in [-0.15, -0.1) is 0 Å². The highest BCUT2D eigenvalue weighted by atomic mass is 35.5. The number of hydrogen-bond donors (Lipinski definition) is 2. The number of carbonyl (C=O) groups is 2. The lowest BCUT2D eigenvalue weighted by atomic mass is 10.0. The molecular formula is C20H15Cl2NO3. The first-order valence-electron chi connectivity index (χ1n) is 7.90. The predicted molar refractivity (Wildman–Crippen MR) is 103 cm³/mol. The normalized spacial score (nSPS) is 11.9. The van der Waals surface area contributed by atoms with E-state index in [4.69, 9.17) is 23.2 Å². The third-order valence-corrected chi connectivity index (χ3v) is 4.64. The molecule has 0 aliphatic rings. The van der Waals surface area contributed by atoms with Crippen molar-refractivity contribution in [3.8, 4) is 0 Å². The summed E-state index contributed by atoms with van der Waals surface area (Å²) in [7, 11) is 0. The largest absolute Gasteiger partial charge is 0.480 e. The number of halogens is 2. The Morgan fingerprint density at radius 2 is 1.69 bits per heavy atom. The molecule has 4 nitrogen and oxygen atoms in total. The van der Waals surface area contributed by atoms with Crippen LogP contribution < -0.4 is 5.32 Å². The molecule has 0 aliphatic carbocycles. The molecule has 0 saturated carbocycles. The molecular weight excluding hydrogens is 373 g/mol. The van der Waals surface area contributed by atoms with Crippen LogP contribution in [0.2, 0.25) is 10.0 Å². The number of carbonyl (C=O) groups excluding carboxylic acids is 1. The van der Waals surface area contributed by atoms with Crippen LogP contribution in [0.4, 0.5) is 0 Å². The van der Waals surface area contributed by atoms with Gasteiger partial charge >= 0.3 is 5.97 Å². The van der Waals surface area contributed by atoms with Crippen molar-refractivity contribution in [3.63, 3.8) is 0 Å². The van der Waals surface area contributed by atoms with Crippen molar-refractivity contribution in [2.75, 3.05) is 0 Å². The first kappa shape index (κ1) is 18.2. The first-order valence-corrected chi connectivity index (χ1v) is 8.66. The van der Waals surface area contributed by atoms with Gasteiger partial charge in [0, 0.05) is 22.0 Å². The molecule has 0 radical (unpaired) electrons. The average Bonchev–Trinajstić information content (AvgIpc) is 2.62. The van der Waals surface area contributed by atoms with Crippen LogP contribution in [0.15, 0.2) is 60.7 Å². The summed E-state index contributed by atoms with van der Waals surface area (Å²) < 4.78 is 0. The van der Waals surface area contributed by atoms with E-state index in [1.54, 1.807) is 30.3 Å². The van der Waals surface area contributed by atoms with Crippen molar-refractivity contribution in [3.05, 3.63) is 81.8 Å². The number of hydrogen-bond acceptors (Lipinski definition) is 2. The zero-order chi connectivity index (χ0) is 18.7. The Morgan fingerprint density at radius 3 is 2.38 bits per heavy atom. The number of rotatable bonds is 5. The molecule has 0 aromatic heterocycles. The van der Waals surface area contributed by atoms with Crippen LogP contribution in [0.25, 0.3) is 10.8 Å². The van der Waals surface area contributed by atoms with E-state index in [9.17, 15) is 14.7 Å². The van der Waals surface area contributed by atoms with Gasteiger partial charge in [0.25, 0.3) is 5.91 Å². The van der Waals surface area contributed by atoms with Gasteiger partial charge in [0.2, 0.25) is 0 Å². The standard InChI is InChI=1S/C20H15Cl2NO3/c21-16-8-7-14(17(22)11-16)10-18(20(25)26)23-19(24)15-6-5-12-3-1-2-4-13(12)9-15/h1-9,11,18H,10H2,(H,23,24)(H,25,26)/t18-/m1/s1. The highest BCUT2D eigenvalue weighted by Gasteiger charge is 2.22. The Bertz CT molecular complexity index is 988. The molecule has 6 heteroatoms. The predicted octanol–water partition coefficient (Wildman–Crippen LogP) is 4.57. The zero-order valence-electron chi connectivity index (χ0n) is 13.6. The lowest BCUT2D eigenvalue weighted by Gasteiger charge is -2.16. The quantitative estimate of drug-likeness (QED) is 0.673. The Labute approximate surface area is 160 Å². The molecule has 3 aromatic rings. The molecule has 132 valence electrons. The summed E-state index contributed by atoms with van der Waals surface area (Å²) in [4.78, 5) is 24.1. The van der Waals surface area contributed by atoms with E-state index in [1.807, 2.05) is 30.3 Å². The highest BCUT2D eigenvalue weighted by molar-refractivity contribution is 6.35. The van der Waals surface area contributed by atoms with Gasteiger partial charge in [-0.25, -0.2) is 4.79 Å². The van der Waals surface area contributed by atoms with E-state index in [-0.39, 0.29) is 6.42 Å². The number of carboxylic acids is 1. The summed E-state index contributed by atoms with van der Waals surface area (Å²) in [5, 5.41) is 14.8. The monoisotopic (exact) mass is 387 g/mol. The van der Waals surface area contributed by atoms with Crippen LogP contribution in [0.5, 0.6) is 0 Å². The van der Waals surface area contributed by atoms with Crippen molar-refractivity contribution in [2.24, 2.45) is 0 Å². The average molecular weight is 388 g/mol. The van der Waals surface area contributed by atoms with Gasteiger partial charge in [-0.05, 0) is 40.6 Å². The zero-order valence-corrected chi connectivity index (χ0v) is 15.1. The minimum absolute atomic E-state index is 0.0602. The molecule has 1 amide bonds. The van der Waals surface area contributed by atoms with E-state index >= 15 is 0 Å². The summed E-state index contributed by atoms with van der Waals surface area (Å²) in [6.45, 7) is 0. The minimum atomic E-state index is -1.13. The molecule has 26 heavy (non-hydrogen) atoms. The van der Waals surface area contributed by atoms with Gasteiger partial charge in [0.05, 0.1) is 0 Å². The Kier molecular flexibility index (Phi) is 5.45. The summed E-state index contributed by atoms with van der Waals surface area (Å²) >= 11 is 12.0. The van der Waals surface area contributed by atoms with Crippen molar-refractivity contribution in [2.45, 2.75) is 12.5 Å². The molecule has 0 bridgehead atoms. The van der Waals surface area contributed by atoms with Crippen molar-refractivity contribution >= 4 is 45.9 Å². The Morgan fingerprint density at radius 1 is 0.962 bits per heavy atom. The van der Waals surface area contributed by atoms with E-state index in [0.717, 1.165) is 10.8 Å². The van der Waals surface area contributed by atoms with Crippen LogP contribution in [0.3, 0.4) is 0 Å². The minimum Gasteiger partial charge on any atom is -0.480 e. The number of benzene rings is 3. The summed E-state index contributed by atoms with van der Waals surface area (Å²) in [6.07, 6.45) is 0.0602. The Hall–Kier alpha value is -2.56. The molecule has 3 aromatic carbocycles. The lowest BCUT2D eigenvalue weighted by Crippen LogP contribution is -2.42.